The molecule has 20 heavy (non-hydrogen) atoms. The van der Waals surface area contributed by atoms with E-state index in [4.69, 9.17) is 11.6 Å². The van der Waals surface area contributed by atoms with Crippen LogP contribution < -0.4 is 10.6 Å². The zero-order chi connectivity index (χ0) is 14.5. The summed E-state index contributed by atoms with van der Waals surface area (Å²) in [6.45, 7) is 1.93. The Labute approximate surface area is 123 Å². The van der Waals surface area contributed by atoms with Gasteiger partial charge < -0.3 is 10.6 Å². The van der Waals surface area contributed by atoms with Crippen molar-refractivity contribution in [3.05, 3.63) is 58.9 Å². The Morgan fingerprint density at radius 1 is 1.25 bits per heavy atom. The van der Waals surface area contributed by atoms with Crippen LogP contribution in [0.15, 0.2) is 42.7 Å². The van der Waals surface area contributed by atoms with Gasteiger partial charge in [0.15, 0.2) is 0 Å². The van der Waals surface area contributed by atoms with Crippen LogP contribution >= 0.6 is 11.6 Å². The molecule has 1 unspecified atom stereocenters. The molecule has 5 heteroatoms. The maximum atomic E-state index is 12.3. The second kappa shape index (κ2) is 6.39. The highest BCUT2D eigenvalue weighted by atomic mass is 35.5. The van der Waals surface area contributed by atoms with Crippen LogP contribution in [0, 0.1) is 0 Å². The molecule has 0 saturated carbocycles. The standard InChI is InChI=1S/C15H16ClN3O/c1-10(11-5-7-18-8-6-11)19-15(20)13-9-12(16)3-4-14(13)17-2/h3-10,17H,1-2H3,(H,19,20). The number of hydrogen-bond acceptors (Lipinski definition) is 3. The smallest absolute Gasteiger partial charge is 0.253 e. The summed E-state index contributed by atoms with van der Waals surface area (Å²) in [6.07, 6.45) is 3.41. The number of carbonyl (C=O) groups excluding carboxylic acids is 1. The Kier molecular flexibility index (Phi) is 4.58. The maximum absolute atomic E-state index is 12.3. The van der Waals surface area contributed by atoms with Gasteiger partial charge in [-0.3, -0.25) is 9.78 Å². The van der Waals surface area contributed by atoms with Gasteiger partial charge in [0.25, 0.3) is 5.91 Å². The summed E-state index contributed by atoms with van der Waals surface area (Å²) < 4.78 is 0. The van der Waals surface area contributed by atoms with Gasteiger partial charge in [0.2, 0.25) is 0 Å². The average Bonchev–Trinajstić information content (AvgIpc) is 2.48. The molecule has 1 aromatic heterocycles. The predicted octanol–water partition coefficient (Wildman–Crippen LogP) is 3.27. The van der Waals surface area contributed by atoms with E-state index in [1.165, 1.54) is 0 Å². The van der Waals surface area contributed by atoms with Crippen LogP contribution in [0.5, 0.6) is 0 Å². The minimum absolute atomic E-state index is 0.103. The van der Waals surface area contributed by atoms with E-state index in [1.807, 2.05) is 19.1 Å². The highest BCUT2D eigenvalue weighted by Crippen LogP contribution is 2.21. The molecule has 4 nitrogen and oxygen atoms in total. The second-order valence-corrected chi connectivity index (χ2v) is 4.85. The molecule has 0 radical (unpaired) electrons. The van der Waals surface area contributed by atoms with Gasteiger partial charge in [0.1, 0.15) is 0 Å². The Morgan fingerprint density at radius 3 is 2.60 bits per heavy atom. The van der Waals surface area contributed by atoms with Gasteiger partial charge in [0.05, 0.1) is 11.6 Å². The fraction of sp³-hybridized carbons (Fsp3) is 0.200. The fourth-order valence-corrected chi connectivity index (χ4v) is 2.10. The molecule has 2 aromatic rings. The van der Waals surface area contributed by atoms with E-state index in [2.05, 4.69) is 15.6 Å². The molecule has 0 aliphatic heterocycles. The molecule has 104 valence electrons. The number of nitrogens with one attached hydrogen (secondary N) is 2. The molecular weight excluding hydrogens is 274 g/mol. The Bertz CT molecular complexity index is 601. The van der Waals surface area contributed by atoms with Gasteiger partial charge >= 0.3 is 0 Å². The number of nitrogens with zero attached hydrogens (tertiary/aromatic N) is 1. The van der Waals surface area contributed by atoms with Gasteiger partial charge in [-0.05, 0) is 42.8 Å². The quantitative estimate of drug-likeness (QED) is 0.908. The number of benzene rings is 1. The molecule has 1 amide bonds. The number of amides is 1. The molecule has 2 rings (SSSR count). The SMILES string of the molecule is CNc1ccc(Cl)cc1C(=O)NC(C)c1ccncc1. The highest BCUT2D eigenvalue weighted by Gasteiger charge is 2.14. The largest absolute Gasteiger partial charge is 0.387 e. The van der Waals surface area contributed by atoms with Crippen LogP contribution in [0.4, 0.5) is 5.69 Å². The summed E-state index contributed by atoms with van der Waals surface area (Å²) in [7, 11) is 1.77. The van der Waals surface area contributed by atoms with Crippen molar-refractivity contribution in [1.82, 2.24) is 10.3 Å². The molecule has 2 N–H and O–H groups in total. The number of pyridine rings is 1. The molecule has 1 aromatic carbocycles. The zero-order valence-corrected chi connectivity index (χ0v) is 12.1. The van der Waals surface area contributed by atoms with Crippen molar-refractivity contribution >= 4 is 23.2 Å². The lowest BCUT2D eigenvalue weighted by molar-refractivity contribution is 0.0940. The summed E-state index contributed by atoms with van der Waals surface area (Å²) >= 11 is 5.96. The number of halogens is 1. The van der Waals surface area contributed by atoms with Gasteiger partial charge in [0, 0.05) is 30.2 Å². The molecule has 0 aliphatic rings. The van der Waals surface area contributed by atoms with Crippen LogP contribution in [-0.2, 0) is 0 Å². The lowest BCUT2D eigenvalue weighted by Gasteiger charge is -2.16. The first-order valence-corrected chi connectivity index (χ1v) is 6.67. The van der Waals surface area contributed by atoms with E-state index in [9.17, 15) is 4.79 Å². The van der Waals surface area contributed by atoms with Gasteiger partial charge in [-0.2, -0.15) is 0 Å². The van der Waals surface area contributed by atoms with Gasteiger partial charge in [-0.1, -0.05) is 11.6 Å². The Morgan fingerprint density at radius 2 is 1.95 bits per heavy atom. The molecule has 0 fully saturated rings. The topological polar surface area (TPSA) is 54.0 Å². The highest BCUT2D eigenvalue weighted by molar-refractivity contribution is 6.31. The van der Waals surface area contributed by atoms with Crippen molar-refractivity contribution in [2.45, 2.75) is 13.0 Å². The summed E-state index contributed by atoms with van der Waals surface area (Å²) in [6, 6.07) is 8.84. The van der Waals surface area contributed by atoms with E-state index in [1.54, 1.807) is 37.6 Å². The van der Waals surface area contributed by atoms with Crippen LogP contribution in [0.1, 0.15) is 28.9 Å². The molecule has 0 bridgehead atoms. The third-order valence-corrected chi connectivity index (χ3v) is 3.28. The summed E-state index contributed by atoms with van der Waals surface area (Å²) in [4.78, 5) is 16.3. The van der Waals surface area contributed by atoms with E-state index in [0.29, 0.717) is 10.6 Å². The minimum Gasteiger partial charge on any atom is -0.387 e. The predicted molar refractivity (Wildman–Crippen MR) is 81.1 cm³/mol. The number of rotatable bonds is 4. The van der Waals surface area contributed by atoms with E-state index < -0.39 is 0 Å². The molecule has 0 saturated heterocycles. The zero-order valence-electron chi connectivity index (χ0n) is 11.4. The first kappa shape index (κ1) is 14.3. The molecular formula is C15H16ClN3O. The normalized spacial score (nSPS) is 11.8. The number of carbonyl (C=O) groups is 1. The second-order valence-electron chi connectivity index (χ2n) is 4.42. The molecule has 1 atom stereocenters. The lowest BCUT2D eigenvalue weighted by Crippen LogP contribution is -2.27. The summed E-state index contributed by atoms with van der Waals surface area (Å²) in [5.74, 6) is -0.166. The van der Waals surface area contributed by atoms with Gasteiger partial charge in [-0.15, -0.1) is 0 Å². The summed E-state index contributed by atoms with van der Waals surface area (Å²) in [5.41, 5.74) is 2.27. The molecule has 0 spiro atoms. The lowest BCUT2D eigenvalue weighted by atomic mass is 10.1. The monoisotopic (exact) mass is 289 g/mol. The van der Waals surface area contributed by atoms with Crippen molar-refractivity contribution in [3.8, 4) is 0 Å². The molecule has 0 aliphatic carbocycles. The Balaban J connectivity index is 2.18. The van der Waals surface area contributed by atoms with Gasteiger partial charge in [-0.25, -0.2) is 0 Å². The summed E-state index contributed by atoms with van der Waals surface area (Å²) in [5, 5.41) is 6.47. The number of anilines is 1. The third-order valence-electron chi connectivity index (χ3n) is 3.05. The van der Waals surface area contributed by atoms with Crippen molar-refractivity contribution in [3.63, 3.8) is 0 Å². The van der Waals surface area contributed by atoms with E-state index >= 15 is 0 Å². The molecule has 1 heterocycles. The third kappa shape index (κ3) is 3.27. The van der Waals surface area contributed by atoms with E-state index in [-0.39, 0.29) is 11.9 Å². The van der Waals surface area contributed by atoms with Crippen LogP contribution in [0.25, 0.3) is 0 Å². The number of aromatic nitrogens is 1. The number of hydrogen-bond donors (Lipinski definition) is 2. The van der Waals surface area contributed by atoms with Crippen molar-refractivity contribution < 1.29 is 4.79 Å². The average molecular weight is 290 g/mol. The van der Waals surface area contributed by atoms with Crippen LogP contribution in [0.3, 0.4) is 0 Å². The first-order valence-electron chi connectivity index (χ1n) is 6.30. The van der Waals surface area contributed by atoms with Crippen molar-refractivity contribution in [1.29, 1.82) is 0 Å². The Hall–Kier alpha value is -2.07. The van der Waals surface area contributed by atoms with E-state index in [0.717, 1.165) is 11.3 Å². The van der Waals surface area contributed by atoms with Crippen LogP contribution in [0.2, 0.25) is 5.02 Å². The minimum atomic E-state index is -0.166. The fourth-order valence-electron chi connectivity index (χ4n) is 1.93. The first-order chi connectivity index (χ1) is 9.61. The van der Waals surface area contributed by atoms with Crippen molar-refractivity contribution in [2.24, 2.45) is 0 Å². The van der Waals surface area contributed by atoms with Crippen LogP contribution in [-0.4, -0.2) is 17.9 Å². The maximum Gasteiger partial charge on any atom is 0.253 e. The van der Waals surface area contributed by atoms with Crippen molar-refractivity contribution in [2.75, 3.05) is 12.4 Å².